The molecule has 0 saturated heterocycles. The summed E-state index contributed by atoms with van der Waals surface area (Å²) >= 11 is 15.7. The molecule has 0 saturated carbocycles. The Labute approximate surface area is 212 Å². The van der Waals surface area contributed by atoms with Crippen LogP contribution in [-0.2, 0) is 21.4 Å². The van der Waals surface area contributed by atoms with Crippen LogP contribution >= 0.6 is 39.1 Å². The molecular formula is C24H23BrCl2N2O3S. The van der Waals surface area contributed by atoms with E-state index in [1.165, 1.54) is 12.1 Å². The highest BCUT2D eigenvalue weighted by molar-refractivity contribution is 9.10. The van der Waals surface area contributed by atoms with Gasteiger partial charge < -0.3 is 5.32 Å². The molecule has 3 aromatic carbocycles. The third kappa shape index (κ3) is 6.80. The van der Waals surface area contributed by atoms with Crippen molar-refractivity contribution in [1.82, 2.24) is 9.62 Å². The van der Waals surface area contributed by atoms with E-state index in [1.807, 2.05) is 38.1 Å². The number of nitrogens with zero attached hydrogens (tertiary/aromatic N) is 1. The Morgan fingerprint density at radius 3 is 2.39 bits per heavy atom. The molecule has 0 spiro atoms. The van der Waals surface area contributed by atoms with Crippen molar-refractivity contribution in [3.63, 3.8) is 0 Å². The van der Waals surface area contributed by atoms with Crippen molar-refractivity contribution in [2.24, 2.45) is 0 Å². The van der Waals surface area contributed by atoms with Crippen LogP contribution in [0.4, 0.5) is 0 Å². The maximum atomic E-state index is 13.4. The molecule has 3 rings (SSSR count). The Hall–Kier alpha value is -1.90. The van der Waals surface area contributed by atoms with Crippen molar-refractivity contribution < 1.29 is 13.2 Å². The van der Waals surface area contributed by atoms with E-state index < -0.39 is 15.9 Å². The maximum absolute atomic E-state index is 13.4. The highest BCUT2D eigenvalue weighted by atomic mass is 79.9. The number of rotatable bonds is 8. The molecule has 33 heavy (non-hydrogen) atoms. The summed E-state index contributed by atoms with van der Waals surface area (Å²) in [5.41, 5.74) is 2.37. The number of nitrogens with one attached hydrogen (secondary N) is 1. The number of sulfonamides is 1. The third-order valence-electron chi connectivity index (χ3n) is 5.07. The molecule has 0 heterocycles. The van der Waals surface area contributed by atoms with Crippen LogP contribution in [0, 0.1) is 6.92 Å². The minimum atomic E-state index is -3.97. The van der Waals surface area contributed by atoms with Crippen molar-refractivity contribution in [3.05, 3.63) is 97.9 Å². The van der Waals surface area contributed by atoms with E-state index in [0.717, 1.165) is 19.9 Å². The van der Waals surface area contributed by atoms with Crippen molar-refractivity contribution in [3.8, 4) is 0 Å². The van der Waals surface area contributed by atoms with Crippen LogP contribution in [-0.4, -0.2) is 25.2 Å². The average Bonchev–Trinajstić information content (AvgIpc) is 2.75. The summed E-state index contributed by atoms with van der Waals surface area (Å²) in [5.74, 6) is -0.428. The SMILES string of the molecule is Cc1ccc(S(=O)(=O)N(CC(=O)NC(C)c2cccc(Br)c2)Cc2ccc(Cl)cc2Cl)cc1. The van der Waals surface area contributed by atoms with Crippen LogP contribution < -0.4 is 5.32 Å². The first kappa shape index (κ1) is 25.7. The average molecular weight is 570 g/mol. The second kappa shape index (κ2) is 11.0. The molecule has 0 fully saturated rings. The number of hydrogen-bond acceptors (Lipinski definition) is 3. The normalized spacial score (nSPS) is 12.5. The first-order valence-corrected chi connectivity index (χ1v) is 13.1. The van der Waals surface area contributed by atoms with Crippen LogP contribution in [0.2, 0.25) is 10.0 Å². The molecule has 0 aliphatic carbocycles. The van der Waals surface area contributed by atoms with Gasteiger partial charge in [-0.2, -0.15) is 4.31 Å². The summed E-state index contributed by atoms with van der Waals surface area (Å²) in [5, 5.41) is 3.65. The minimum absolute atomic E-state index is 0.0785. The van der Waals surface area contributed by atoms with E-state index in [9.17, 15) is 13.2 Å². The van der Waals surface area contributed by atoms with Crippen LogP contribution in [0.15, 0.2) is 76.1 Å². The number of aryl methyl sites for hydroxylation is 1. The van der Waals surface area contributed by atoms with Crippen molar-refractivity contribution in [2.45, 2.75) is 31.3 Å². The fraction of sp³-hybridized carbons (Fsp3) is 0.208. The lowest BCUT2D eigenvalue weighted by atomic mass is 10.1. The number of carbonyl (C=O) groups excluding carboxylic acids is 1. The highest BCUT2D eigenvalue weighted by Gasteiger charge is 2.28. The van der Waals surface area contributed by atoms with E-state index in [0.29, 0.717) is 15.6 Å². The smallest absolute Gasteiger partial charge is 0.243 e. The van der Waals surface area contributed by atoms with Crippen LogP contribution in [0.1, 0.15) is 29.7 Å². The lowest BCUT2D eigenvalue weighted by Crippen LogP contribution is -2.41. The van der Waals surface area contributed by atoms with Crippen molar-refractivity contribution in [1.29, 1.82) is 0 Å². The maximum Gasteiger partial charge on any atom is 0.243 e. The van der Waals surface area contributed by atoms with Gasteiger partial charge in [-0.25, -0.2) is 8.42 Å². The van der Waals surface area contributed by atoms with Gasteiger partial charge in [0.1, 0.15) is 0 Å². The lowest BCUT2D eigenvalue weighted by Gasteiger charge is -2.24. The number of carbonyl (C=O) groups is 1. The Balaban J connectivity index is 1.87. The lowest BCUT2D eigenvalue weighted by molar-refractivity contribution is -0.122. The second-order valence-corrected chi connectivity index (χ2v) is 11.4. The van der Waals surface area contributed by atoms with Gasteiger partial charge in [0.2, 0.25) is 15.9 Å². The van der Waals surface area contributed by atoms with E-state index in [1.54, 1.807) is 30.3 Å². The zero-order chi connectivity index (χ0) is 24.2. The Kier molecular flexibility index (Phi) is 8.59. The van der Waals surface area contributed by atoms with Gasteiger partial charge in [0, 0.05) is 21.1 Å². The van der Waals surface area contributed by atoms with E-state index in [2.05, 4.69) is 21.2 Å². The third-order valence-corrected chi connectivity index (χ3v) is 7.95. The van der Waals surface area contributed by atoms with Gasteiger partial charge in [0.05, 0.1) is 17.5 Å². The van der Waals surface area contributed by atoms with Crippen molar-refractivity contribution >= 4 is 55.1 Å². The topological polar surface area (TPSA) is 66.5 Å². The summed E-state index contributed by atoms with van der Waals surface area (Å²) in [4.78, 5) is 13.0. The first-order valence-electron chi connectivity index (χ1n) is 10.1. The summed E-state index contributed by atoms with van der Waals surface area (Å²) in [6, 6.07) is 18.6. The largest absolute Gasteiger partial charge is 0.348 e. The Morgan fingerprint density at radius 1 is 1.06 bits per heavy atom. The monoisotopic (exact) mass is 568 g/mol. The molecule has 1 N–H and O–H groups in total. The molecule has 1 amide bonds. The predicted molar refractivity (Wildman–Crippen MR) is 136 cm³/mol. The van der Waals surface area contributed by atoms with E-state index >= 15 is 0 Å². The summed E-state index contributed by atoms with van der Waals surface area (Å²) < 4.78 is 28.9. The molecule has 5 nitrogen and oxygen atoms in total. The molecule has 0 radical (unpaired) electrons. The molecule has 1 atom stereocenters. The van der Waals surface area contributed by atoms with Gasteiger partial charge in [0.25, 0.3) is 0 Å². The quantitative estimate of drug-likeness (QED) is 0.355. The van der Waals surface area contributed by atoms with Gasteiger partial charge in [-0.15, -0.1) is 0 Å². The first-order chi connectivity index (χ1) is 15.6. The number of halogens is 3. The molecule has 0 aromatic heterocycles. The minimum Gasteiger partial charge on any atom is -0.348 e. The highest BCUT2D eigenvalue weighted by Crippen LogP contribution is 2.25. The van der Waals surface area contributed by atoms with Gasteiger partial charge in [-0.3, -0.25) is 4.79 Å². The van der Waals surface area contributed by atoms with Gasteiger partial charge >= 0.3 is 0 Å². The fourth-order valence-corrected chi connectivity index (χ4v) is 5.49. The summed E-state index contributed by atoms with van der Waals surface area (Å²) in [7, 11) is -3.97. The van der Waals surface area contributed by atoms with Gasteiger partial charge in [-0.05, 0) is 61.4 Å². The molecular weight excluding hydrogens is 547 g/mol. The zero-order valence-corrected chi connectivity index (χ0v) is 22.0. The van der Waals surface area contributed by atoms with E-state index in [4.69, 9.17) is 23.2 Å². The Bertz CT molecular complexity index is 1250. The molecule has 0 bridgehead atoms. The molecule has 1 unspecified atom stereocenters. The summed E-state index contributed by atoms with van der Waals surface area (Å²) in [6.45, 7) is 3.27. The van der Waals surface area contributed by atoms with Crippen molar-refractivity contribution in [2.75, 3.05) is 6.54 Å². The molecule has 0 aliphatic rings. The van der Waals surface area contributed by atoms with E-state index in [-0.39, 0.29) is 24.0 Å². The number of amides is 1. The zero-order valence-electron chi connectivity index (χ0n) is 18.1. The number of benzene rings is 3. The number of hydrogen-bond donors (Lipinski definition) is 1. The molecule has 0 aliphatic heterocycles. The summed E-state index contributed by atoms with van der Waals surface area (Å²) in [6.07, 6.45) is 0. The molecule has 9 heteroatoms. The van der Waals surface area contributed by atoms with Crippen LogP contribution in [0.3, 0.4) is 0 Å². The predicted octanol–water partition coefficient (Wildman–Crippen LogP) is 6.13. The fourth-order valence-electron chi connectivity index (χ4n) is 3.23. The standard InChI is InChI=1S/C24H23BrCl2N2O3S/c1-16-6-10-22(11-7-16)33(31,32)29(14-19-8-9-21(26)13-23(19)27)15-24(30)28-17(2)18-4-3-5-20(25)12-18/h3-13,17H,14-15H2,1-2H3,(H,28,30). The molecule has 174 valence electrons. The van der Waals surface area contributed by atoms with Crippen LogP contribution in [0.5, 0.6) is 0 Å². The molecule has 3 aromatic rings. The van der Waals surface area contributed by atoms with Gasteiger partial charge in [-0.1, -0.05) is 75.0 Å². The Morgan fingerprint density at radius 2 is 1.76 bits per heavy atom. The second-order valence-electron chi connectivity index (χ2n) is 7.67. The van der Waals surface area contributed by atoms with Crippen LogP contribution in [0.25, 0.3) is 0 Å². The van der Waals surface area contributed by atoms with Gasteiger partial charge in [0.15, 0.2) is 0 Å².